The zero-order valence-corrected chi connectivity index (χ0v) is 5.83. The first kappa shape index (κ1) is 5.83. The van der Waals surface area contributed by atoms with Crippen molar-refractivity contribution in [1.82, 2.24) is 9.97 Å². The highest BCUT2D eigenvalue weighted by molar-refractivity contribution is 5.08. The fraction of sp³-hybridized carbons (Fsp3) is 0.500. The summed E-state index contributed by atoms with van der Waals surface area (Å²) in [4.78, 5) is 8.06. The van der Waals surface area contributed by atoms with Crippen molar-refractivity contribution in [3.63, 3.8) is 0 Å². The molecule has 1 aromatic rings. The minimum Gasteiger partial charge on any atom is -0.245 e. The van der Waals surface area contributed by atoms with Gasteiger partial charge in [-0.1, -0.05) is 6.42 Å². The predicted molar refractivity (Wildman–Crippen MR) is 38.6 cm³/mol. The van der Waals surface area contributed by atoms with E-state index in [1.165, 1.54) is 25.0 Å². The molecule has 0 saturated heterocycles. The molecule has 0 amide bonds. The Hall–Kier alpha value is -0.920. The van der Waals surface area contributed by atoms with Crippen LogP contribution in [-0.2, 0) is 0 Å². The highest BCUT2D eigenvalue weighted by Gasteiger charge is 2.19. The third kappa shape index (κ3) is 0.897. The molecule has 52 valence electrons. The number of hydrogen-bond acceptors (Lipinski definition) is 2. The largest absolute Gasteiger partial charge is 0.245 e. The van der Waals surface area contributed by atoms with Gasteiger partial charge in [-0.05, 0) is 18.9 Å². The Bertz CT molecular complexity index is 204. The van der Waals surface area contributed by atoms with Gasteiger partial charge in [-0.25, -0.2) is 9.97 Å². The van der Waals surface area contributed by atoms with E-state index in [4.69, 9.17) is 0 Å². The van der Waals surface area contributed by atoms with Crippen molar-refractivity contribution in [2.45, 2.75) is 25.2 Å². The first-order valence-corrected chi connectivity index (χ1v) is 3.73. The molecule has 10 heavy (non-hydrogen) atoms. The van der Waals surface area contributed by atoms with Crippen LogP contribution >= 0.6 is 0 Å². The fourth-order valence-corrected chi connectivity index (χ4v) is 1.25. The van der Waals surface area contributed by atoms with Crippen molar-refractivity contribution in [3.8, 4) is 0 Å². The second-order valence-electron chi connectivity index (χ2n) is 2.76. The van der Waals surface area contributed by atoms with Crippen LogP contribution in [0.1, 0.15) is 30.9 Å². The zero-order valence-electron chi connectivity index (χ0n) is 5.83. The van der Waals surface area contributed by atoms with Gasteiger partial charge in [0.15, 0.2) is 0 Å². The van der Waals surface area contributed by atoms with Gasteiger partial charge in [-0.2, -0.15) is 0 Å². The van der Waals surface area contributed by atoms with Crippen LogP contribution in [-0.4, -0.2) is 9.97 Å². The highest BCUT2D eigenvalue weighted by atomic mass is 14.8. The molecule has 1 aliphatic carbocycles. The molecule has 1 fully saturated rings. The van der Waals surface area contributed by atoms with E-state index >= 15 is 0 Å². The summed E-state index contributed by atoms with van der Waals surface area (Å²) in [5.41, 5.74) is 1.22. The Kier molecular flexibility index (Phi) is 1.38. The lowest BCUT2D eigenvalue weighted by atomic mass is 9.83. The summed E-state index contributed by atoms with van der Waals surface area (Å²) in [5, 5.41) is 0. The molecule has 1 aliphatic rings. The van der Waals surface area contributed by atoms with Crippen molar-refractivity contribution in [3.05, 3.63) is 24.3 Å². The van der Waals surface area contributed by atoms with Gasteiger partial charge in [-0.15, -0.1) is 0 Å². The first-order chi connectivity index (χ1) is 4.97. The van der Waals surface area contributed by atoms with E-state index in [2.05, 4.69) is 9.97 Å². The summed E-state index contributed by atoms with van der Waals surface area (Å²) in [6, 6.07) is 2.02. The fourth-order valence-electron chi connectivity index (χ4n) is 1.25. The normalized spacial score (nSPS) is 18.4. The van der Waals surface area contributed by atoms with E-state index in [9.17, 15) is 0 Å². The molecule has 2 rings (SSSR count). The van der Waals surface area contributed by atoms with Crippen LogP contribution in [0.25, 0.3) is 0 Å². The van der Waals surface area contributed by atoms with Gasteiger partial charge < -0.3 is 0 Å². The molecule has 0 aromatic carbocycles. The van der Waals surface area contributed by atoms with E-state index in [1.54, 1.807) is 6.33 Å². The maximum atomic E-state index is 4.19. The standard InChI is InChI=1S/C8H10N2/c1-2-7(3-1)8-4-5-9-6-10-8/h4-7H,1-3H2. The summed E-state index contributed by atoms with van der Waals surface area (Å²) in [6.07, 6.45) is 7.46. The summed E-state index contributed by atoms with van der Waals surface area (Å²) < 4.78 is 0. The van der Waals surface area contributed by atoms with Crippen molar-refractivity contribution < 1.29 is 0 Å². The van der Waals surface area contributed by atoms with E-state index in [-0.39, 0.29) is 0 Å². The number of aromatic nitrogens is 2. The maximum absolute atomic E-state index is 4.19. The van der Waals surface area contributed by atoms with Crippen LogP contribution in [0.5, 0.6) is 0 Å². The third-order valence-corrected chi connectivity index (χ3v) is 2.13. The molecule has 0 bridgehead atoms. The average molecular weight is 134 g/mol. The Labute approximate surface area is 60.3 Å². The number of nitrogens with zero attached hydrogens (tertiary/aromatic N) is 2. The smallest absolute Gasteiger partial charge is 0.115 e. The van der Waals surface area contributed by atoms with Gasteiger partial charge in [-0.3, -0.25) is 0 Å². The topological polar surface area (TPSA) is 25.8 Å². The van der Waals surface area contributed by atoms with Gasteiger partial charge in [0.2, 0.25) is 0 Å². The molecule has 0 radical (unpaired) electrons. The summed E-state index contributed by atoms with van der Waals surface area (Å²) in [6.45, 7) is 0. The lowest BCUT2D eigenvalue weighted by Crippen LogP contribution is -2.10. The van der Waals surface area contributed by atoms with E-state index < -0.39 is 0 Å². The molecular weight excluding hydrogens is 124 g/mol. The molecule has 2 heteroatoms. The Morgan fingerprint density at radius 3 is 2.80 bits per heavy atom. The monoisotopic (exact) mass is 134 g/mol. The summed E-state index contributed by atoms with van der Waals surface area (Å²) >= 11 is 0. The summed E-state index contributed by atoms with van der Waals surface area (Å²) in [7, 11) is 0. The maximum Gasteiger partial charge on any atom is 0.115 e. The quantitative estimate of drug-likeness (QED) is 0.584. The molecule has 0 atom stereocenters. The second-order valence-corrected chi connectivity index (χ2v) is 2.76. The van der Waals surface area contributed by atoms with Crippen LogP contribution in [0, 0.1) is 0 Å². The van der Waals surface area contributed by atoms with Crippen molar-refractivity contribution in [2.24, 2.45) is 0 Å². The molecule has 0 unspecified atom stereocenters. The molecule has 1 heterocycles. The van der Waals surface area contributed by atoms with Gasteiger partial charge >= 0.3 is 0 Å². The molecule has 1 aromatic heterocycles. The van der Waals surface area contributed by atoms with Crippen LogP contribution in [0.15, 0.2) is 18.6 Å². The number of hydrogen-bond donors (Lipinski definition) is 0. The highest BCUT2D eigenvalue weighted by Crippen LogP contribution is 2.34. The predicted octanol–water partition coefficient (Wildman–Crippen LogP) is 1.74. The average Bonchev–Trinajstić information content (AvgIpc) is 1.86. The molecule has 1 saturated carbocycles. The Balaban J connectivity index is 2.18. The van der Waals surface area contributed by atoms with Crippen LogP contribution in [0.2, 0.25) is 0 Å². The molecule has 2 nitrogen and oxygen atoms in total. The SMILES string of the molecule is c1cc(C2CCC2)ncn1. The van der Waals surface area contributed by atoms with Gasteiger partial charge in [0.1, 0.15) is 6.33 Å². The van der Waals surface area contributed by atoms with Gasteiger partial charge in [0, 0.05) is 17.8 Å². The van der Waals surface area contributed by atoms with E-state index in [0.717, 1.165) is 5.92 Å². The first-order valence-electron chi connectivity index (χ1n) is 3.73. The molecule has 0 aliphatic heterocycles. The zero-order chi connectivity index (χ0) is 6.81. The molecule has 0 N–H and O–H groups in total. The van der Waals surface area contributed by atoms with Crippen molar-refractivity contribution in [2.75, 3.05) is 0 Å². The van der Waals surface area contributed by atoms with Gasteiger partial charge in [0.25, 0.3) is 0 Å². The molecular formula is C8H10N2. The number of rotatable bonds is 1. The second kappa shape index (κ2) is 2.37. The van der Waals surface area contributed by atoms with E-state index in [0.29, 0.717) is 0 Å². The lowest BCUT2D eigenvalue weighted by molar-refractivity contribution is 0.410. The Morgan fingerprint density at radius 2 is 2.30 bits per heavy atom. The van der Waals surface area contributed by atoms with Crippen molar-refractivity contribution in [1.29, 1.82) is 0 Å². The van der Waals surface area contributed by atoms with Crippen LogP contribution < -0.4 is 0 Å². The minimum atomic E-state index is 0.739. The minimum absolute atomic E-state index is 0.739. The molecule has 0 spiro atoms. The van der Waals surface area contributed by atoms with Crippen LogP contribution in [0.4, 0.5) is 0 Å². The summed E-state index contributed by atoms with van der Waals surface area (Å²) in [5.74, 6) is 0.739. The van der Waals surface area contributed by atoms with Crippen molar-refractivity contribution >= 4 is 0 Å². The van der Waals surface area contributed by atoms with Gasteiger partial charge in [0.05, 0.1) is 0 Å². The van der Waals surface area contributed by atoms with E-state index in [1.807, 2.05) is 12.3 Å². The van der Waals surface area contributed by atoms with Crippen LogP contribution in [0.3, 0.4) is 0 Å². The lowest BCUT2D eigenvalue weighted by Gasteiger charge is -2.23. The Morgan fingerprint density at radius 1 is 1.40 bits per heavy atom. The third-order valence-electron chi connectivity index (χ3n) is 2.13.